The molecule has 1 unspecified atom stereocenters. The number of nitrogens with zero attached hydrogens (tertiary/aromatic N) is 2. The van der Waals surface area contributed by atoms with Crippen LogP contribution >= 0.6 is 0 Å². The van der Waals surface area contributed by atoms with E-state index in [1.165, 1.54) is 0 Å². The normalized spacial score (nSPS) is 17.6. The summed E-state index contributed by atoms with van der Waals surface area (Å²) in [6, 6.07) is 15.3. The molecule has 1 fully saturated rings. The lowest BCUT2D eigenvalue weighted by atomic mass is 10.1. The number of benzene rings is 2. The van der Waals surface area contributed by atoms with E-state index in [2.05, 4.69) is 10.5 Å². The monoisotopic (exact) mass is 357 g/mol. The molecule has 1 aliphatic heterocycles. The number of fused-ring (bicyclic) bond motifs is 1. The van der Waals surface area contributed by atoms with E-state index in [-0.39, 0.29) is 6.10 Å². The fourth-order valence-corrected chi connectivity index (χ4v) is 4.29. The summed E-state index contributed by atoms with van der Waals surface area (Å²) in [5.41, 5.74) is 1.44. The van der Waals surface area contributed by atoms with Crippen molar-refractivity contribution >= 4 is 33.5 Å². The molecule has 1 atom stereocenters. The van der Waals surface area contributed by atoms with Gasteiger partial charge in [-0.2, -0.15) is 0 Å². The Morgan fingerprint density at radius 2 is 1.88 bits per heavy atom. The average Bonchev–Trinajstić information content (AvgIpc) is 3.06. The highest BCUT2D eigenvalue weighted by Crippen LogP contribution is 2.31. The minimum atomic E-state index is -1.33. The van der Waals surface area contributed by atoms with Gasteiger partial charge in [0.25, 0.3) is 0 Å². The molecule has 0 aliphatic carbocycles. The summed E-state index contributed by atoms with van der Waals surface area (Å²) >= 11 is 0. The van der Waals surface area contributed by atoms with Gasteiger partial charge in [0.1, 0.15) is 15.9 Å². The van der Waals surface area contributed by atoms with E-state index < -0.39 is 11.0 Å². The van der Waals surface area contributed by atoms with Crippen molar-refractivity contribution < 1.29 is 13.8 Å². The van der Waals surface area contributed by atoms with Crippen LogP contribution in [0.1, 0.15) is 12.8 Å². The molecule has 2 aromatic carbocycles. The van der Waals surface area contributed by atoms with Crippen molar-refractivity contribution in [1.29, 1.82) is 0 Å². The van der Waals surface area contributed by atoms with Gasteiger partial charge in [-0.3, -0.25) is 0 Å². The van der Waals surface area contributed by atoms with Crippen molar-refractivity contribution in [2.24, 2.45) is 0 Å². The van der Waals surface area contributed by atoms with Crippen molar-refractivity contribution in [2.45, 2.75) is 23.8 Å². The fraction of sp³-hybridized carbons (Fsp3) is 0.278. The van der Waals surface area contributed by atoms with Gasteiger partial charge >= 0.3 is 0 Å². The number of piperidine rings is 1. The van der Waals surface area contributed by atoms with Crippen LogP contribution in [0.5, 0.6) is 0 Å². The lowest BCUT2D eigenvalue weighted by molar-refractivity contribution is 0.114. The van der Waals surface area contributed by atoms with Crippen LogP contribution in [0, 0.1) is 0 Å². The van der Waals surface area contributed by atoms with Crippen molar-refractivity contribution in [1.82, 2.24) is 9.46 Å². The van der Waals surface area contributed by atoms with Crippen LogP contribution in [-0.4, -0.2) is 38.0 Å². The van der Waals surface area contributed by atoms with Crippen LogP contribution in [-0.2, 0) is 11.0 Å². The Balaban J connectivity index is 1.64. The van der Waals surface area contributed by atoms with Gasteiger partial charge in [-0.05, 0) is 37.1 Å². The number of aliphatic hydroxyl groups is 1. The number of hydrogen-bond donors (Lipinski definition) is 2. The van der Waals surface area contributed by atoms with E-state index in [4.69, 9.17) is 4.52 Å². The first-order valence-corrected chi connectivity index (χ1v) is 9.38. The van der Waals surface area contributed by atoms with Crippen molar-refractivity contribution in [2.75, 3.05) is 18.4 Å². The molecular formula is C18H19N3O3S. The molecule has 130 valence electrons. The van der Waals surface area contributed by atoms with Crippen LogP contribution in [0.3, 0.4) is 0 Å². The molecule has 7 heteroatoms. The zero-order chi connectivity index (χ0) is 17.2. The SMILES string of the molecule is O=S(c1cccc2c(Nc3ccccc3)noc12)N1CCC(O)CC1. The fourth-order valence-electron chi connectivity index (χ4n) is 2.97. The van der Waals surface area contributed by atoms with Gasteiger partial charge in [0.05, 0.1) is 11.5 Å². The van der Waals surface area contributed by atoms with Gasteiger partial charge in [0.15, 0.2) is 11.4 Å². The first-order valence-electron chi connectivity index (χ1n) is 8.28. The summed E-state index contributed by atoms with van der Waals surface area (Å²) in [4.78, 5) is 0.613. The van der Waals surface area contributed by atoms with Gasteiger partial charge in [0, 0.05) is 18.8 Å². The van der Waals surface area contributed by atoms with E-state index in [9.17, 15) is 9.32 Å². The van der Waals surface area contributed by atoms with Crippen LogP contribution in [0.2, 0.25) is 0 Å². The second-order valence-electron chi connectivity index (χ2n) is 6.06. The highest BCUT2D eigenvalue weighted by Gasteiger charge is 2.25. The average molecular weight is 357 g/mol. The number of anilines is 2. The third-order valence-electron chi connectivity index (χ3n) is 4.34. The minimum Gasteiger partial charge on any atom is -0.393 e. The number of rotatable bonds is 4. The Morgan fingerprint density at radius 3 is 2.64 bits per heavy atom. The largest absolute Gasteiger partial charge is 0.393 e. The predicted molar refractivity (Wildman–Crippen MR) is 97.0 cm³/mol. The zero-order valence-electron chi connectivity index (χ0n) is 13.6. The molecule has 1 aliphatic rings. The van der Waals surface area contributed by atoms with E-state index in [0.29, 0.717) is 42.2 Å². The first kappa shape index (κ1) is 16.3. The quantitative estimate of drug-likeness (QED) is 0.750. The minimum absolute atomic E-state index is 0.295. The third kappa shape index (κ3) is 3.30. The van der Waals surface area contributed by atoms with E-state index in [1.54, 1.807) is 6.07 Å². The number of aromatic nitrogens is 1. The second-order valence-corrected chi connectivity index (χ2v) is 7.52. The molecule has 0 saturated carbocycles. The highest BCUT2D eigenvalue weighted by atomic mass is 32.2. The molecule has 0 bridgehead atoms. The number of para-hydroxylation sites is 2. The molecule has 1 saturated heterocycles. The molecule has 2 heterocycles. The number of aliphatic hydroxyl groups excluding tert-OH is 1. The van der Waals surface area contributed by atoms with Crippen LogP contribution in [0.25, 0.3) is 11.0 Å². The smallest absolute Gasteiger partial charge is 0.186 e. The van der Waals surface area contributed by atoms with Gasteiger partial charge in [0.2, 0.25) is 0 Å². The highest BCUT2D eigenvalue weighted by molar-refractivity contribution is 7.83. The molecule has 6 nitrogen and oxygen atoms in total. The van der Waals surface area contributed by atoms with E-state index >= 15 is 0 Å². The van der Waals surface area contributed by atoms with Gasteiger partial charge in [-0.1, -0.05) is 29.4 Å². The molecule has 4 rings (SSSR count). The number of nitrogens with one attached hydrogen (secondary N) is 1. The molecule has 2 N–H and O–H groups in total. The van der Waals surface area contributed by atoms with Crippen molar-refractivity contribution in [3.63, 3.8) is 0 Å². The molecule has 0 amide bonds. The van der Waals surface area contributed by atoms with Crippen molar-refractivity contribution in [3.8, 4) is 0 Å². The maximum absolute atomic E-state index is 12.9. The topological polar surface area (TPSA) is 78.6 Å². The Kier molecular flexibility index (Phi) is 4.52. The second kappa shape index (κ2) is 6.95. The van der Waals surface area contributed by atoms with Gasteiger partial charge in [-0.25, -0.2) is 8.51 Å². The zero-order valence-corrected chi connectivity index (χ0v) is 14.4. The standard InChI is InChI=1S/C18H19N3O3S/c22-14-9-11-21(12-10-14)25(23)16-8-4-7-15-17(16)24-20-18(15)19-13-5-2-1-3-6-13/h1-8,14,22H,9-12H2,(H,19,20). The summed E-state index contributed by atoms with van der Waals surface area (Å²) in [7, 11) is -1.33. The van der Waals surface area contributed by atoms with Crippen molar-refractivity contribution in [3.05, 3.63) is 48.5 Å². The Labute approximate surface area is 148 Å². The Morgan fingerprint density at radius 1 is 1.12 bits per heavy atom. The number of hydrogen-bond acceptors (Lipinski definition) is 5. The lowest BCUT2D eigenvalue weighted by Gasteiger charge is -2.27. The van der Waals surface area contributed by atoms with E-state index in [1.807, 2.05) is 46.8 Å². The molecule has 0 radical (unpaired) electrons. The molecule has 0 spiro atoms. The predicted octanol–water partition coefficient (Wildman–Crippen LogP) is 3.05. The Hall–Kier alpha value is -2.22. The summed E-state index contributed by atoms with van der Waals surface area (Å²) in [6.07, 6.45) is 0.980. The molecule has 1 aromatic heterocycles. The summed E-state index contributed by atoms with van der Waals surface area (Å²) in [6.45, 7) is 1.21. The maximum Gasteiger partial charge on any atom is 0.186 e. The lowest BCUT2D eigenvalue weighted by Crippen LogP contribution is -2.37. The van der Waals surface area contributed by atoms with Gasteiger partial charge in [-0.15, -0.1) is 0 Å². The Bertz CT molecular complexity index is 889. The molecular weight excluding hydrogens is 338 g/mol. The van der Waals surface area contributed by atoms with Crippen LogP contribution in [0.15, 0.2) is 57.9 Å². The van der Waals surface area contributed by atoms with E-state index in [0.717, 1.165) is 11.1 Å². The van der Waals surface area contributed by atoms with Crippen LogP contribution in [0.4, 0.5) is 11.5 Å². The summed E-state index contributed by atoms with van der Waals surface area (Å²) < 4.78 is 20.3. The molecule has 25 heavy (non-hydrogen) atoms. The molecule has 3 aromatic rings. The van der Waals surface area contributed by atoms with Crippen LogP contribution < -0.4 is 5.32 Å². The maximum atomic E-state index is 12.9. The van der Waals surface area contributed by atoms with Gasteiger partial charge < -0.3 is 14.9 Å². The summed E-state index contributed by atoms with van der Waals surface area (Å²) in [5, 5.41) is 17.8. The first-order chi connectivity index (χ1) is 12.2. The third-order valence-corrected chi connectivity index (χ3v) is 5.88. The summed E-state index contributed by atoms with van der Waals surface area (Å²) in [5.74, 6) is 0.606.